The summed E-state index contributed by atoms with van der Waals surface area (Å²) in [6, 6.07) is 3.92. The second-order valence-corrected chi connectivity index (χ2v) is 6.54. The Hall–Kier alpha value is -2.57. The highest BCUT2D eigenvalue weighted by Crippen LogP contribution is 2.17. The maximum atomic E-state index is 12.3. The number of amides is 2. The Labute approximate surface area is 148 Å². The van der Waals surface area contributed by atoms with Crippen molar-refractivity contribution in [2.24, 2.45) is 0 Å². The van der Waals surface area contributed by atoms with Crippen LogP contribution in [0.2, 0.25) is 0 Å². The predicted molar refractivity (Wildman–Crippen MR) is 95.4 cm³/mol. The van der Waals surface area contributed by atoms with Crippen LogP contribution >= 0.6 is 0 Å². The van der Waals surface area contributed by atoms with Crippen LogP contribution in [0.1, 0.15) is 35.4 Å². The van der Waals surface area contributed by atoms with Crippen molar-refractivity contribution in [3.8, 4) is 0 Å². The first-order valence-corrected chi connectivity index (χ1v) is 8.65. The van der Waals surface area contributed by atoms with Gasteiger partial charge in [0, 0.05) is 38.4 Å². The SMILES string of the molecule is Cc1noc(C)c1CN(C)C(=O)NCc1ccc(N2CCCC2)nc1. The summed E-state index contributed by atoms with van der Waals surface area (Å²) in [4.78, 5) is 20.7. The van der Waals surface area contributed by atoms with E-state index in [1.54, 1.807) is 11.9 Å². The molecule has 3 rings (SSSR count). The second kappa shape index (κ2) is 7.55. The molecule has 0 aliphatic carbocycles. The standard InChI is InChI=1S/C18H25N5O2/c1-13-16(14(2)25-21-13)12-22(3)18(24)20-11-15-6-7-17(19-10-15)23-8-4-5-9-23/h6-7,10H,4-5,8-9,11-12H2,1-3H3,(H,20,24). The van der Waals surface area contributed by atoms with Crippen molar-refractivity contribution in [3.05, 3.63) is 40.9 Å². The highest BCUT2D eigenvalue weighted by Gasteiger charge is 2.16. The van der Waals surface area contributed by atoms with Gasteiger partial charge in [0.2, 0.25) is 0 Å². The van der Waals surface area contributed by atoms with Crippen molar-refractivity contribution >= 4 is 11.8 Å². The van der Waals surface area contributed by atoms with E-state index >= 15 is 0 Å². The van der Waals surface area contributed by atoms with E-state index in [1.165, 1.54) is 12.8 Å². The van der Waals surface area contributed by atoms with Crippen LogP contribution in [0.3, 0.4) is 0 Å². The third-order valence-corrected chi connectivity index (χ3v) is 4.61. The lowest BCUT2D eigenvalue weighted by Gasteiger charge is -2.18. The fraction of sp³-hybridized carbons (Fsp3) is 0.500. The number of hydrogen-bond acceptors (Lipinski definition) is 5. The van der Waals surface area contributed by atoms with Gasteiger partial charge in [0.1, 0.15) is 11.6 Å². The summed E-state index contributed by atoms with van der Waals surface area (Å²) < 4.78 is 5.14. The first kappa shape index (κ1) is 17.3. The molecular formula is C18H25N5O2. The van der Waals surface area contributed by atoms with Crippen LogP contribution in [0.4, 0.5) is 10.6 Å². The number of carbonyl (C=O) groups excluding carboxylic acids is 1. The average Bonchev–Trinajstić information content (AvgIpc) is 3.26. The molecule has 134 valence electrons. The summed E-state index contributed by atoms with van der Waals surface area (Å²) in [6.07, 6.45) is 4.30. The Balaban J connectivity index is 1.51. The maximum Gasteiger partial charge on any atom is 0.317 e. The molecule has 1 N–H and O–H groups in total. The highest BCUT2D eigenvalue weighted by molar-refractivity contribution is 5.73. The molecule has 0 unspecified atom stereocenters. The van der Waals surface area contributed by atoms with E-state index in [-0.39, 0.29) is 6.03 Å². The van der Waals surface area contributed by atoms with Gasteiger partial charge in [0.25, 0.3) is 0 Å². The molecule has 3 heterocycles. The number of hydrogen-bond donors (Lipinski definition) is 1. The molecule has 2 amide bonds. The van der Waals surface area contributed by atoms with Crippen molar-refractivity contribution in [1.29, 1.82) is 0 Å². The molecule has 1 aliphatic heterocycles. The number of nitrogens with one attached hydrogen (secondary N) is 1. The van der Waals surface area contributed by atoms with E-state index < -0.39 is 0 Å². The van der Waals surface area contributed by atoms with Crippen molar-refractivity contribution in [1.82, 2.24) is 20.4 Å². The van der Waals surface area contributed by atoms with Gasteiger partial charge in [0.15, 0.2) is 0 Å². The molecule has 1 saturated heterocycles. The second-order valence-electron chi connectivity index (χ2n) is 6.54. The van der Waals surface area contributed by atoms with E-state index in [9.17, 15) is 4.79 Å². The molecule has 1 aliphatic rings. The zero-order chi connectivity index (χ0) is 17.8. The molecule has 7 nitrogen and oxygen atoms in total. The quantitative estimate of drug-likeness (QED) is 0.903. The first-order valence-electron chi connectivity index (χ1n) is 8.65. The summed E-state index contributed by atoms with van der Waals surface area (Å²) in [5, 5.41) is 6.84. The largest absolute Gasteiger partial charge is 0.361 e. The summed E-state index contributed by atoms with van der Waals surface area (Å²) in [5.41, 5.74) is 2.76. The Morgan fingerprint density at radius 2 is 2.08 bits per heavy atom. The molecule has 0 aromatic carbocycles. The monoisotopic (exact) mass is 343 g/mol. The van der Waals surface area contributed by atoms with Crippen molar-refractivity contribution < 1.29 is 9.32 Å². The number of carbonyl (C=O) groups is 1. The van der Waals surface area contributed by atoms with Gasteiger partial charge in [0.05, 0.1) is 12.2 Å². The van der Waals surface area contributed by atoms with Gasteiger partial charge in [-0.2, -0.15) is 0 Å². The van der Waals surface area contributed by atoms with Crippen LogP contribution in [0.25, 0.3) is 0 Å². The van der Waals surface area contributed by atoms with Crippen LogP contribution in [0.5, 0.6) is 0 Å². The third-order valence-electron chi connectivity index (χ3n) is 4.61. The zero-order valence-corrected chi connectivity index (χ0v) is 15.1. The third kappa shape index (κ3) is 4.10. The molecule has 0 radical (unpaired) electrons. The summed E-state index contributed by atoms with van der Waals surface area (Å²) >= 11 is 0. The smallest absolute Gasteiger partial charge is 0.317 e. The highest BCUT2D eigenvalue weighted by atomic mass is 16.5. The molecule has 0 atom stereocenters. The van der Waals surface area contributed by atoms with Gasteiger partial charge in [-0.1, -0.05) is 11.2 Å². The first-order chi connectivity index (χ1) is 12.0. The molecule has 1 fully saturated rings. The minimum atomic E-state index is -0.136. The van der Waals surface area contributed by atoms with Crippen molar-refractivity contribution in [2.45, 2.75) is 39.8 Å². The summed E-state index contributed by atoms with van der Waals surface area (Å²) in [5.74, 6) is 1.77. The predicted octanol–water partition coefficient (Wildman–Crippen LogP) is 2.63. The lowest BCUT2D eigenvalue weighted by Crippen LogP contribution is -2.36. The number of urea groups is 1. The number of aromatic nitrogens is 2. The number of anilines is 1. The number of aryl methyl sites for hydroxylation is 2. The Bertz CT molecular complexity index is 700. The zero-order valence-electron chi connectivity index (χ0n) is 15.1. The molecule has 2 aromatic heterocycles. The van der Waals surface area contributed by atoms with Crippen LogP contribution < -0.4 is 10.2 Å². The lowest BCUT2D eigenvalue weighted by atomic mass is 10.2. The van der Waals surface area contributed by atoms with Gasteiger partial charge in [-0.25, -0.2) is 9.78 Å². The number of nitrogens with zero attached hydrogens (tertiary/aromatic N) is 4. The molecule has 2 aromatic rings. The maximum absolute atomic E-state index is 12.3. The van der Waals surface area contributed by atoms with Gasteiger partial charge in [-0.05, 0) is 38.3 Å². The lowest BCUT2D eigenvalue weighted by molar-refractivity contribution is 0.206. The van der Waals surface area contributed by atoms with Gasteiger partial charge in [-0.3, -0.25) is 0 Å². The van der Waals surface area contributed by atoms with Crippen molar-refractivity contribution in [2.75, 3.05) is 25.0 Å². The Morgan fingerprint density at radius 1 is 1.32 bits per heavy atom. The molecule has 7 heteroatoms. The Morgan fingerprint density at radius 3 is 2.68 bits per heavy atom. The van der Waals surface area contributed by atoms with Gasteiger partial charge >= 0.3 is 6.03 Å². The summed E-state index contributed by atoms with van der Waals surface area (Å²) in [7, 11) is 1.76. The molecule has 0 bridgehead atoms. The number of pyridine rings is 1. The van der Waals surface area contributed by atoms with Gasteiger partial charge in [-0.15, -0.1) is 0 Å². The topological polar surface area (TPSA) is 74.5 Å². The molecule has 0 spiro atoms. The summed E-state index contributed by atoms with van der Waals surface area (Å²) in [6.45, 7) is 6.82. The van der Waals surface area contributed by atoms with Crippen LogP contribution in [0, 0.1) is 13.8 Å². The van der Waals surface area contributed by atoms with E-state index in [4.69, 9.17) is 4.52 Å². The van der Waals surface area contributed by atoms with Crippen LogP contribution in [-0.4, -0.2) is 41.2 Å². The fourth-order valence-electron chi connectivity index (χ4n) is 3.00. The van der Waals surface area contributed by atoms with E-state index in [0.717, 1.165) is 41.5 Å². The molecule has 25 heavy (non-hydrogen) atoms. The minimum Gasteiger partial charge on any atom is -0.361 e. The minimum absolute atomic E-state index is 0.136. The van der Waals surface area contributed by atoms with Crippen molar-refractivity contribution in [3.63, 3.8) is 0 Å². The fourth-order valence-corrected chi connectivity index (χ4v) is 3.00. The average molecular weight is 343 g/mol. The molecular weight excluding hydrogens is 318 g/mol. The normalized spacial score (nSPS) is 14.0. The van der Waals surface area contributed by atoms with E-state index in [1.807, 2.05) is 32.2 Å². The van der Waals surface area contributed by atoms with Crippen LogP contribution in [-0.2, 0) is 13.1 Å². The van der Waals surface area contributed by atoms with E-state index in [2.05, 4.69) is 20.4 Å². The van der Waals surface area contributed by atoms with E-state index in [0.29, 0.717) is 13.1 Å². The van der Waals surface area contributed by atoms with Crippen LogP contribution in [0.15, 0.2) is 22.9 Å². The van der Waals surface area contributed by atoms with Gasteiger partial charge < -0.3 is 19.6 Å². The molecule has 0 saturated carbocycles. The number of rotatable bonds is 5. The Kier molecular flexibility index (Phi) is 5.21.